The summed E-state index contributed by atoms with van der Waals surface area (Å²) in [6.45, 7) is 12.3. The fourth-order valence-corrected chi connectivity index (χ4v) is 2.13. The van der Waals surface area contributed by atoms with Crippen LogP contribution in [0.3, 0.4) is 0 Å². The number of ether oxygens (including phenoxy) is 1. The van der Waals surface area contributed by atoms with Crippen LogP contribution in [0.15, 0.2) is 18.2 Å². The van der Waals surface area contributed by atoms with Crippen LogP contribution in [0.4, 0.5) is 0 Å². The Morgan fingerprint density at radius 1 is 1.21 bits per heavy atom. The van der Waals surface area contributed by atoms with Crippen molar-refractivity contribution in [2.24, 2.45) is 5.41 Å². The van der Waals surface area contributed by atoms with Gasteiger partial charge in [0.05, 0.1) is 12.0 Å². The second-order valence-corrected chi connectivity index (χ2v) is 5.59. The second-order valence-electron chi connectivity index (χ2n) is 5.59. The quantitative estimate of drug-likeness (QED) is 0.758. The molecule has 0 radical (unpaired) electrons. The molecule has 0 unspecified atom stereocenters. The van der Waals surface area contributed by atoms with Gasteiger partial charge in [-0.3, -0.25) is 4.79 Å². The summed E-state index contributed by atoms with van der Waals surface area (Å²) < 4.78 is 5.08. The molecule has 2 nitrogen and oxygen atoms in total. The SMILES string of the molecule is CCOC(=O)C(C)(C)/C=C/c1c(C)cc(C)cc1C. The van der Waals surface area contributed by atoms with Crippen molar-refractivity contribution in [2.45, 2.75) is 41.5 Å². The summed E-state index contributed by atoms with van der Waals surface area (Å²) in [5.41, 5.74) is 4.31. The first kappa shape index (κ1) is 15.5. The van der Waals surface area contributed by atoms with Crippen molar-refractivity contribution in [2.75, 3.05) is 6.61 Å². The molecule has 0 atom stereocenters. The summed E-state index contributed by atoms with van der Waals surface area (Å²) in [6, 6.07) is 4.31. The lowest BCUT2D eigenvalue weighted by Gasteiger charge is -2.18. The molecule has 0 saturated carbocycles. The van der Waals surface area contributed by atoms with Crippen LogP contribution in [-0.4, -0.2) is 12.6 Å². The number of esters is 1. The van der Waals surface area contributed by atoms with Crippen LogP contribution >= 0.6 is 0 Å². The average molecular weight is 260 g/mol. The highest BCUT2D eigenvalue weighted by atomic mass is 16.5. The lowest BCUT2D eigenvalue weighted by molar-refractivity contribution is -0.150. The summed E-state index contributed by atoms with van der Waals surface area (Å²) in [4.78, 5) is 11.8. The zero-order valence-corrected chi connectivity index (χ0v) is 12.8. The molecule has 0 fully saturated rings. The van der Waals surface area contributed by atoms with Gasteiger partial charge in [0, 0.05) is 0 Å². The lowest BCUT2D eigenvalue weighted by Crippen LogP contribution is -2.24. The fraction of sp³-hybridized carbons (Fsp3) is 0.471. The predicted molar refractivity (Wildman–Crippen MR) is 80.1 cm³/mol. The van der Waals surface area contributed by atoms with Crippen molar-refractivity contribution >= 4 is 12.0 Å². The summed E-state index contributed by atoms with van der Waals surface area (Å²) >= 11 is 0. The molecule has 0 aliphatic carbocycles. The van der Waals surface area contributed by atoms with E-state index in [1.54, 1.807) is 0 Å². The van der Waals surface area contributed by atoms with Crippen molar-refractivity contribution in [3.8, 4) is 0 Å². The Balaban J connectivity index is 3.02. The molecule has 1 aromatic rings. The molecule has 104 valence electrons. The van der Waals surface area contributed by atoms with Crippen LogP contribution in [0.2, 0.25) is 0 Å². The molecule has 19 heavy (non-hydrogen) atoms. The maximum absolute atomic E-state index is 11.8. The number of carbonyl (C=O) groups is 1. The first-order chi connectivity index (χ1) is 8.77. The van der Waals surface area contributed by atoms with E-state index in [0.717, 1.165) is 0 Å². The first-order valence-electron chi connectivity index (χ1n) is 6.72. The Bertz CT molecular complexity index is 473. The van der Waals surface area contributed by atoms with E-state index in [1.807, 2.05) is 32.9 Å². The summed E-state index contributed by atoms with van der Waals surface area (Å²) in [5.74, 6) is -0.186. The highest BCUT2D eigenvalue weighted by Gasteiger charge is 2.25. The molecule has 0 saturated heterocycles. The van der Waals surface area contributed by atoms with Crippen molar-refractivity contribution in [3.63, 3.8) is 0 Å². The molecule has 0 N–H and O–H groups in total. The number of carbonyl (C=O) groups excluding carboxylic acids is 1. The lowest BCUT2D eigenvalue weighted by atomic mass is 9.90. The Kier molecular flexibility index (Phi) is 4.93. The molecule has 0 aliphatic heterocycles. The minimum Gasteiger partial charge on any atom is -0.465 e. The van der Waals surface area contributed by atoms with E-state index in [9.17, 15) is 4.79 Å². The molecular weight excluding hydrogens is 236 g/mol. The van der Waals surface area contributed by atoms with E-state index in [-0.39, 0.29) is 5.97 Å². The topological polar surface area (TPSA) is 26.3 Å². The molecular formula is C17H24O2. The predicted octanol–water partition coefficient (Wildman–Crippen LogP) is 4.21. The summed E-state index contributed by atoms with van der Waals surface area (Å²) in [6.07, 6.45) is 3.96. The van der Waals surface area contributed by atoms with Crippen LogP contribution in [-0.2, 0) is 9.53 Å². The number of rotatable bonds is 4. The van der Waals surface area contributed by atoms with Gasteiger partial charge in [-0.2, -0.15) is 0 Å². The third-order valence-corrected chi connectivity index (χ3v) is 3.21. The molecule has 1 rings (SSSR count). The Labute approximate surface area is 116 Å². The monoisotopic (exact) mass is 260 g/mol. The first-order valence-corrected chi connectivity index (χ1v) is 6.72. The van der Waals surface area contributed by atoms with Crippen molar-refractivity contribution in [1.82, 2.24) is 0 Å². The van der Waals surface area contributed by atoms with Gasteiger partial charge in [-0.05, 0) is 58.2 Å². The van der Waals surface area contributed by atoms with Gasteiger partial charge >= 0.3 is 5.97 Å². The van der Waals surface area contributed by atoms with Crippen LogP contribution in [0.1, 0.15) is 43.0 Å². The number of benzene rings is 1. The largest absolute Gasteiger partial charge is 0.465 e. The van der Waals surface area contributed by atoms with Crippen LogP contribution in [0, 0.1) is 26.2 Å². The van der Waals surface area contributed by atoms with Gasteiger partial charge in [0.1, 0.15) is 0 Å². The maximum atomic E-state index is 11.8. The molecule has 0 heterocycles. The maximum Gasteiger partial charge on any atom is 0.315 e. The summed E-state index contributed by atoms with van der Waals surface area (Å²) in [7, 11) is 0. The summed E-state index contributed by atoms with van der Waals surface area (Å²) in [5, 5.41) is 0. The Morgan fingerprint density at radius 2 is 1.74 bits per heavy atom. The Morgan fingerprint density at radius 3 is 2.21 bits per heavy atom. The van der Waals surface area contributed by atoms with E-state index < -0.39 is 5.41 Å². The van der Waals surface area contributed by atoms with Gasteiger partial charge in [0.15, 0.2) is 0 Å². The van der Waals surface area contributed by atoms with Gasteiger partial charge in [-0.15, -0.1) is 0 Å². The van der Waals surface area contributed by atoms with Gasteiger partial charge in [0.25, 0.3) is 0 Å². The minimum atomic E-state index is -0.597. The number of hydrogen-bond acceptors (Lipinski definition) is 2. The standard InChI is InChI=1S/C17H24O2/c1-7-19-16(18)17(5,6)9-8-15-13(3)10-12(2)11-14(15)4/h8-11H,7H2,1-6H3/b9-8+. The van der Waals surface area contributed by atoms with Crippen molar-refractivity contribution in [3.05, 3.63) is 40.5 Å². The molecule has 0 spiro atoms. The molecule has 0 aliphatic rings. The molecule has 0 aromatic heterocycles. The van der Waals surface area contributed by atoms with Gasteiger partial charge < -0.3 is 4.74 Å². The molecule has 1 aromatic carbocycles. The van der Waals surface area contributed by atoms with Crippen LogP contribution < -0.4 is 0 Å². The third-order valence-electron chi connectivity index (χ3n) is 3.21. The van der Waals surface area contributed by atoms with E-state index in [2.05, 4.69) is 32.9 Å². The van der Waals surface area contributed by atoms with Crippen molar-refractivity contribution < 1.29 is 9.53 Å². The second kappa shape index (κ2) is 6.05. The van der Waals surface area contributed by atoms with E-state index >= 15 is 0 Å². The fourth-order valence-electron chi connectivity index (χ4n) is 2.13. The van der Waals surface area contributed by atoms with Gasteiger partial charge in [-0.25, -0.2) is 0 Å². The van der Waals surface area contributed by atoms with Gasteiger partial charge in [-0.1, -0.05) is 29.8 Å². The molecule has 0 amide bonds. The smallest absolute Gasteiger partial charge is 0.315 e. The minimum absolute atomic E-state index is 0.186. The molecule has 2 heteroatoms. The average Bonchev–Trinajstić information content (AvgIpc) is 2.27. The number of hydrogen-bond donors (Lipinski definition) is 0. The highest BCUT2D eigenvalue weighted by molar-refractivity contribution is 5.79. The van der Waals surface area contributed by atoms with Crippen molar-refractivity contribution in [1.29, 1.82) is 0 Å². The zero-order valence-electron chi connectivity index (χ0n) is 12.8. The normalized spacial score (nSPS) is 11.9. The van der Waals surface area contributed by atoms with E-state index in [0.29, 0.717) is 6.61 Å². The Hall–Kier alpha value is -1.57. The van der Waals surface area contributed by atoms with Crippen LogP contribution in [0.25, 0.3) is 6.08 Å². The number of aryl methyl sites for hydroxylation is 3. The zero-order chi connectivity index (χ0) is 14.6. The highest BCUT2D eigenvalue weighted by Crippen LogP contribution is 2.24. The van der Waals surface area contributed by atoms with E-state index in [4.69, 9.17) is 4.74 Å². The molecule has 0 bridgehead atoms. The van der Waals surface area contributed by atoms with Crippen LogP contribution in [0.5, 0.6) is 0 Å². The van der Waals surface area contributed by atoms with E-state index in [1.165, 1.54) is 22.3 Å². The third kappa shape index (κ3) is 3.95. The van der Waals surface area contributed by atoms with Gasteiger partial charge in [0.2, 0.25) is 0 Å².